The van der Waals surface area contributed by atoms with Crippen LogP contribution < -0.4 is 10.1 Å². The average molecular weight is 339 g/mol. The van der Waals surface area contributed by atoms with Crippen molar-refractivity contribution in [2.75, 3.05) is 11.9 Å². The van der Waals surface area contributed by atoms with E-state index in [2.05, 4.69) is 21.5 Å². The van der Waals surface area contributed by atoms with E-state index in [1.807, 2.05) is 30.3 Å². The summed E-state index contributed by atoms with van der Waals surface area (Å²) in [4.78, 5) is 16.5. The Balaban J connectivity index is 1.51. The second-order valence-corrected chi connectivity index (χ2v) is 6.30. The number of fused-ring (bicyclic) bond motifs is 3. The second kappa shape index (κ2) is 5.93. The Morgan fingerprint density at radius 1 is 1.29 bits per heavy atom. The van der Waals surface area contributed by atoms with Crippen LogP contribution in [-0.4, -0.2) is 22.7 Å². The van der Waals surface area contributed by atoms with Gasteiger partial charge in [-0.25, -0.2) is 4.98 Å². The van der Waals surface area contributed by atoms with Crippen LogP contribution in [0, 0.1) is 6.92 Å². The molecule has 24 heavy (non-hydrogen) atoms. The molecule has 0 spiro atoms. The van der Waals surface area contributed by atoms with E-state index in [0.29, 0.717) is 10.9 Å². The van der Waals surface area contributed by atoms with Gasteiger partial charge in [-0.1, -0.05) is 41.7 Å². The molecule has 4 rings (SSSR count). The fourth-order valence-electron chi connectivity index (χ4n) is 2.42. The van der Waals surface area contributed by atoms with Crippen LogP contribution in [0.3, 0.4) is 0 Å². The number of benzene rings is 2. The highest BCUT2D eigenvalue weighted by atomic mass is 32.1. The van der Waals surface area contributed by atoms with Crippen LogP contribution in [0.4, 0.5) is 5.13 Å². The number of thiazole rings is 1. The van der Waals surface area contributed by atoms with Gasteiger partial charge in [0.15, 0.2) is 11.7 Å². The van der Waals surface area contributed by atoms with Crippen molar-refractivity contribution >= 4 is 43.4 Å². The number of nitrogens with zero attached hydrogens (tertiary/aromatic N) is 2. The summed E-state index contributed by atoms with van der Waals surface area (Å²) in [6.45, 7) is 1.61. The lowest BCUT2D eigenvalue weighted by molar-refractivity contribution is -0.118. The summed E-state index contributed by atoms with van der Waals surface area (Å²) in [5.41, 5.74) is 0.890. The molecule has 0 atom stereocenters. The fraction of sp³-hybridized carbons (Fsp3) is 0.118. The van der Waals surface area contributed by atoms with E-state index in [4.69, 9.17) is 9.26 Å². The van der Waals surface area contributed by atoms with Gasteiger partial charge in [-0.15, -0.1) is 0 Å². The van der Waals surface area contributed by atoms with Crippen molar-refractivity contribution in [3.63, 3.8) is 0 Å². The van der Waals surface area contributed by atoms with Crippen molar-refractivity contribution in [3.8, 4) is 5.88 Å². The summed E-state index contributed by atoms with van der Waals surface area (Å²) >= 11 is 1.43. The Labute approximate surface area is 141 Å². The summed E-state index contributed by atoms with van der Waals surface area (Å²) in [5.74, 6) is 0.625. The highest BCUT2D eigenvalue weighted by molar-refractivity contribution is 7.22. The molecule has 1 amide bonds. The monoisotopic (exact) mass is 339 g/mol. The Hall–Kier alpha value is -2.93. The maximum Gasteiger partial charge on any atom is 0.264 e. The van der Waals surface area contributed by atoms with E-state index in [1.165, 1.54) is 11.3 Å². The van der Waals surface area contributed by atoms with E-state index in [9.17, 15) is 4.79 Å². The lowest BCUT2D eigenvalue weighted by atomic mass is 10.1. The number of ether oxygens (including phenoxy) is 1. The predicted octanol–water partition coefficient (Wildman–Crippen LogP) is 3.76. The third-order valence-corrected chi connectivity index (χ3v) is 4.42. The molecule has 0 saturated heterocycles. The van der Waals surface area contributed by atoms with Crippen LogP contribution >= 0.6 is 11.3 Å². The number of hydrogen-bond donors (Lipinski definition) is 1. The largest absolute Gasteiger partial charge is 0.465 e. The summed E-state index contributed by atoms with van der Waals surface area (Å²) in [5, 5.41) is 9.17. The molecule has 0 aliphatic rings. The van der Waals surface area contributed by atoms with Crippen LogP contribution in [0.15, 0.2) is 47.0 Å². The zero-order valence-electron chi connectivity index (χ0n) is 12.8. The summed E-state index contributed by atoms with van der Waals surface area (Å²) in [6, 6.07) is 13.7. The number of nitrogens with one attached hydrogen (secondary N) is 1. The van der Waals surface area contributed by atoms with Gasteiger partial charge in [-0.2, -0.15) is 0 Å². The molecule has 4 aromatic rings. The fourth-order valence-corrected chi connectivity index (χ4v) is 3.32. The minimum Gasteiger partial charge on any atom is -0.465 e. The van der Waals surface area contributed by atoms with Crippen LogP contribution in [0.1, 0.15) is 5.76 Å². The summed E-state index contributed by atoms with van der Waals surface area (Å²) in [7, 11) is 0. The van der Waals surface area contributed by atoms with Gasteiger partial charge in [0.25, 0.3) is 11.8 Å². The molecular weight excluding hydrogens is 326 g/mol. The minimum atomic E-state index is -0.293. The van der Waals surface area contributed by atoms with Crippen molar-refractivity contribution in [1.29, 1.82) is 0 Å². The van der Waals surface area contributed by atoms with Crippen LogP contribution in [0.5, 0.6) is 5.88 Å². The zero-order chi connectivity index (χ0) is 16.5. The number of aryl methyl sites for hydroxylation is 1. The molecule has 1 N–H and O–H groups in total. The van der Waals surface area contributed by atoms with E-state index >= 15 is 0 Å². The highest BCUT2D eigenvalue weighted by Crippen LogP contribution is 2.31. The molecule has 0 aliphatic heterocycles. The SMILES string of the molecule is Cc1cc(OCC(=O)Nc2nc3c(ccc4ccccc43)s2)no1. The van der Waals surface area contributed by atoms with Gasteiger partial charge in [0.1, 0.15) is 5.76 Å². The molecule has 7 heteroatoms. The predicted molar refractivity (Wildman–Crippen MR) is 92.5 cm³/mol. The molecule has 2 aromatic heterocycles. The van der Waals surface area contributed by atoms with E-state index < -0.39 is 0 Å². The molecule has 2 aromatic carbocycles. The quantitative estimate of drug-likeness (QED) is 0.612. The maximum absolute atomic E-state index is 12.0. The summed E-state index contributed by atoms with van der Waals surface area (Å²) in [6.07, 6.45) is 0. The van der Waals surface area contributed by atoms with Crippen LogP contribution in [0.25, 0.3) is 21.0 Å². The van der Waals surface area contributed by atoms with Crippen molar-refractivity contribution in [2.45, 2.75) is 6.92 Å². The molecule has 0 unspecified atom stereocenters. The first-order chi connectivity index (χ1) is 11.7. The van der Waals surface area contributed by atoms with Gasteiger partial charge >= 0.3 is 0 Å². The average Bonchev–Trinajstić information content (AvgIpc) is 3.18. The third-order valence-electron chi connectivity index (χ3n) is 3.49. The normalized spacial score (nSPS) is 11.0. The molecule has 6 nitrogen and oxygen atoms in total. The molecule has 120 valence electrons. The number of rotatable bonds is 4. The Morgan fingerprint density at radius 3 is 3.00 bits per heavy atom. The van der Waals surface area contributed by atoms with E-state index in [1.54, 1.807) is 13.0 Å². The first-order valence-corrected chi connectivity index (χ1v) is 8.15. The lowest BCUT2D eigenvalue weighted by Crippen LogP contribution is -2.20. The maximum atomic E-state index is 12.0. The van der Waals surface area contributed by atoms with Gasteiger partial charge in [0.05, 0.1) is 10.2 Å². The van der Waals surface area contributed by atoms with Crippen molar-refractivity contribution in [3.05, 3.63) is 48.2 Å². The summed E-state index contributed by atoms with van der Waals surface area (Å²) < 4.78 is 11.2. The number of aromatic nitrogens is 2. The lowest BCUT2D eigenvalue weighted by Gasteiger charge is -2.01. The smallest absolute Gasteiger partial charge is 0.264 e. The number of carbonyl (C=O) groups is 1. The number of anilines is 1. The number of hydrogen-bond acceptors (Lipinski definition) is 6. The number of carbonyl (C=O) groups excluding carboxylic acids is 1. The van der Waals surface area contributed by atoms with Gasteiger partial charge < -0.3 is 9.26 Å². The highest BCUT2D eigenvalue weighted by Gasteiger charge is 2.11. The topological polar surface area (TPSA) is 77.2 Å². The Morgan fingerprint density at radius 2 is 2.17 bits per heavy atom. The molecule has 0 saturated carbocycles. The minimum absolute atomic E-state index is 0.150. The molecular formula is C17H13N3O3S. The van der Waals surface area contributed by atoms with Gasteiger partial charge in [0.2, 0.25) is 0 Å². The van der Waals surface area contributed by atoms with E-state index in [-0.39, 0.29) is 18.4 Å². The van der Waals surface area contributed by atoms with Gasteiger partial charge in [0, 0.05) is 11.5 Å². The first kappa shape index (κ1) is 14.6. The van der Waals surface area contributed by atoms with Gasteiger partial charge in [-0.05, 0) is 23.5 Å². The van der Waals surface area contributed by atoms with Crippen molar-refractivity contribution in [1.82, 2.24) is 10.1 Å². The standard InChI is InChI=1S/C17H13N3O3S/c1-10-8-15(20-23-10)22-9-14(21)18-17-19-16-12-5-3-2-4-11(12)6-7-13(16)24-17/h2-8H,9H2,1H3,(H,18,19,21). The molecule has 2 heterocycles. The second-order valence-electron chi connectivity index (χ2n) is 5.27. The number of amides is 1. The molecule has 0 bridgehead atoms. The molecule has 0 aliphatic carbocycles. The van der Waals surface area contributed by atoms with Crippen LogP contribution in [-0.2, 0) is 4.79 Å². The third kappa shape index (κ3) is 2.81. The van der Waals surface area contributed by atoms with Crippen molar-refractivity contribution < 1.29 is 14.1 Å². The molecule has 0 fully saturated rings. The van der Waals surface area contributed by atoms with Crippen molar-refractivity contribution in [2.24, 2.45) is 0 Å². The van der Waals surface area contributed by atoms with E-state index in [0.717, 1.165) is 21.0 Å². The van der Waals surface area contributed by atoms with Gasteiger partial charge in [-0.3, -0.25) is 10.1 Å². The van der Waals surface area contributed by atoms with Crippen LogP contribution in [0.2, 0.25) is 0 Å². The zero-order valence-corrected chi connectivity index (χ0v) is 13.6. The first-order valence-electron chi connectivity index (χ1n) is 7.33. The Kier molecular flexibility index (Phi) is 3.62. The molecule has 0 radical (unpaired) electrons. The Bertz CT molecular complexity index is 1040.